The molecule has 0 aliphatic heterocycles. The Balaban J connectivity index is 1.61. The Morgan fingerprint density at radius 1 is 1.05 bits per heavy atom. The average molecular weight is 258 g/mol. The van der Waals surface area contributed by atoms with Crippen LogP contribution in [0.25, 0.3) is 0 Å². The van der Waals surface area contributed by atoms with Crippen molar-refractivity contribution in [2.45, 2.75) is 57.4 Å². The molecule has 2 nitrogen and oxygen atoms in total. The molecular weight excluding hydrogens is 232 g/mol. The zero-order valence-electron chi connectivity index (χ0n) is 11.8. The van der Waals surface area contributed by atoms with Crippen molar-refractivity contribution in [1.82, 2.24) is 5.43 Å². The van der Waals surface area contributed by atoms with Gasteiger partial charge in [-0.1, -0.05) is 56.4 Å². The standard InChI is InChI=1S/C17H26N2/c18-19-17(10-13-6-2-1-3-7-13)16-11-14-8-4-5-9-15(14)12-16/h4-5,8-9,13,16-17,19H,1-3,6-7,10-12,18H2. The van der Waals surface area contributed by atoms with E-state index < -0.39 is 0 Å². The first kappa shape index (κ1) is 13.1. The minimum Gasteiger partial charge on any atom is -0.271 e. The predicted molar refractivity (Wildman–Crippen MR) is 79.6 cm³/mol. The molecule has 0 radical (unpaired) electrons. The average Bonchev–Trinajstić information content (AvgIpc) is 2.89. The highest BCUT2D eigenvalue weighted by atomic mass is 15.2. The third-order valence-corrected chi connectivity index (χ3v) is 5.18. The molecule has 0 aromatic heterocycles. The van der Waals surface area contributed by atoms with Gasteiger partial charge in [0.15, 0.2) is 0 Å². The highest BCUT2D eigenvalue weighted by Gasteiger charge is 2.29. The molecule has 1 aromatic carbocycles. The van der Waals surface area contributed by atoms with E-state index in [1.54, 1.807) is 0 Å². The summed E-state index contributed by atoms with van der Waals surface area (Å²) in [7, 11) is 0. The van der Waals surface area contributed by atoms with Crippen LogP contribution in [0.15, 0.2) is 24.3 Å². The Morgan fingerprint density at radius 2 is 1.68 bits per heavy atom. The van der Waals surface area contributed by atoms with Crippen molar-refractivity contribution in [2.24, 2.45) is 17.7 Å². The Kier molecular flexibility index (Phi) is 4.19. The minimum absolute atomic E-state index is 0.496. The maximum atomic E-state index is 5.85. The molecule has 104 valence electrons. The molecule has 2 aliphatic rings. The maximum Gasteiger partial charge on any atom is 0.0247 e. The van der Waals surface area contributed by atoms with Gasteiger partial charge >= 0.3 is 0 Å². The molecule has 19 heavy (non-hydrogen) atoms. The van der Waals surface area contributed by atoms with E-state index >= 15 is 0 Å². The lowest BCUT2D eigenvalue weighted by Gasteiger charge is -2.29. The molecule has 1 unspecified atom stereocenters. The molecule has 2 heteroatoms. The summed E-state index contributed by atoms with van der Waals surface area (Å²) in [5, 5.41) is 0. The van der Waals surface area contributed by atoms with Gasteiger partial charge in [0.05, 0.1) is 0 Å². The van der Waals surface area contributed by atoms with Gasteiger partial charge in [-0.25, -0.2) is 0 Å². The fourth-order valence-corrected chi connectivity index (χ4v) is 4.06. The minimum atomic E-state index is 0.496. The summed E-state index contributed by atoms with van der Waals surface area (Å²) in [6, 6.07) is 9.38. The molecule has 0 bridgehead atoms. The monoisotopic (exact) mass is 258 g/mol. The number of benzene rings is 1. The Bertz CT molecular complexity index is 384. The first-order valence-corrected chi connectivity index (χ1v) is 7.89. The second kappa shape index (κ2) is 6.06. The van der Waals surface area contributed by atoms with Crippen LogP contribution in [0.3, 0.4) is 0 Å². The molecule has 0 heterocycles. The van der Waals surface area contributed by atoms with Crippen LogP contribution in [0, 0.1) is 11.8 Å². The molecule has 1 atom stereocenters. The summed E-state index contributed by atoms with van der Waals surface area (Å²) < 4.78 is 0. The van der Waals surface area contributed by atoms with E-state index in [0.717, 1.165) is 5.92 Å². The Labute approximate surface area is 116 Å². The van der Waals surface area contributed by atoms with Gasteiger partial charge in [0.25, 0.3) is 0 Å². The van der Waals surface area contributed by atoms with Crippen molar-refractivity contribution in [1.29, 1.82) is 0 Å². The van der Waals surface area contributed by atoms with Crippen LogP contribution in [0.4, 0.5) is 0 Å². The number of nitrogens with one attached hydrogen (secondary N) is 1. The number of nitrogens with two attached hydrogens (primary N) is 1. The van der Waals surface area contributed by atoms with Crippen molar-refractivity contribution in [3.8, 4) is 0 Å². The van der Waals surface area contributed by atoms with Gasteiger partial charge in [0.2, 0.25) is 0 Å². The third kappa shape index (κ3) is 3.01. The van der Waals surface area contributed by atoms with Crippen molar-refractivity contribution in [2.75, 3.05) is 0 Å². The van der Waals surface area contributed by atoms with E-state index in [2.05, 4.69) is 29.7 Å². The van der Waals surface area contributed by atoms with Crippen molar-refractivity contribution < 1.29 is 0 Å². The molecule has 0 spiro atoms. The van der Waals surface area contributed by atoms with E-state index in [9.17, 15) is 0 Å². The first-order chi connectivity index (χ1) is 9.36. The molecule has 3 rings (SSSR count). The summed E-state index contributed by atoms with van der Waals surface area (Å²) >= 11 is 0. The van der Waals surface area contributed by atoms with Crippen LogP contribution in [0.5, 0.6) is 0 Å². The van der Waals surface area contributed by atoms with Gasteiger partial charge in [0.1, 0.15) is 0 Å². The van der Waals surface area contributed by atoms with E-state index in [0.29, 0.717) is 12.0 Å². The summed E-state index contributed by atoms with van der Waals surface area (Å²) in [6.07, 6.45) is 10.8. The maximum absolute atomic E-state index is 5.85. The molecule has 1 saturated carbocycles. The van der Waals surface area contributed by atoms with Crippen LogP contribution >= 0.6 is 0 Å². The number of fused-ring (bicyclic) bond motifs is 1. The normalized spacial score (nSPS) is 22.4. The number of rotatable bonds is 4. The topological polar surface area (TPSA) is 38.0 Å². The third-order valence-electron chi connectivity index (χ3n) is 5.18. The van der Waals surface area contributed by atoms with Crippen molar-refractivity contribution in [3.05, 3.63) is 35.4 Å². The molecule has 0 saturated heterocycles. The second-order valence-corrected chi connectivity index (χ2v) is 6.45. The predicted octanol–water partition coefficient (Wildman–Crippen LogP) is 3.20. The van der Waals surface area contributed by atoms with Gasteiger partial charge in [-0.15, -0.1) is 0 Å². The lowest BCUT2D eigenvalue weighted by Crippen LogP contribution is -2.42. The van der Waals surface area contributed by atoms with Crippen molar-refractivity contribution >= 4 is 0 Å². The van der Waals surface area contributed by atoms with E-state index in [4.69, 9.17) is 5.84 Å². The largest absolute Gasteiger partial charge is 0.271 e. The van der Waals surface area contributed by atoms with Gasteiger partial charge in [0, 0.05) is 6.04 Å². The molecular formula is C17H26N2. The van der Waals surface area contributed by atoms with Crippen LogP contribution in [-0.2, 0) is 12.8 Å². The fraction of sp³-hybridized carbons (Fsp3) is 0.647. The molecule has 1 fully saturated rings. The smallest absolute Gasteiger partial charge is 0.0247 e. The van der Waals surface area contributed by atoms with Crippen LogP contribution < -0.4 is 11.3 Å². The highest BCUT2D eigenvalue weighted by Crippen LogP contribution is 2.34. The number of hydrazine groups is 1. The highest BCUT2D eigenvalue weighted by molar-refractivity contribution is 5.32. The quantitative estimate of drug-likeness (QED) is 0.643. The Hall–Kier alpha value is -0.860. The van der Waals surface area contributed by atoms with Gasteiger partial charge in [-0.05, 0) is 42.2 Å². The Morgan fingerprint density at radius 3 is 2.26 bits per heavy atom. The summed E-state index contributed by atoms with van der Waals surface area (Å²) in [6.45, 7) is 0. The molecule has 0 amide bonds. The molecule has 3 N–H and O–H groups in total. The van der Waals surface area contributed by atoms with Gasteiger partial charge < -0.3 is 0 Å². The number of hydrogen-bond acceptors (Lipinski definition) is 2. The summed E-state index contributed by atoms with van der Waals surface area (Å²) in [5.41, 5.74) is 6.20. The lowest BCUT2D eigenvalue weighted by atomic mass is 9.81. The van der Waals surface area contributed by atoms with E-state index in [1.807, 2.05) is 0 Å². The number of hydrogen-bond donors (Lipinski definition) is 2. The van der Waals surface area contributed by atoms with E-state index in [-0.39, 0.29) is 0 Å². The van der Waals surface area contributed by atoms with Crippen LogP contribution in [0.1, 0.15) is 49.7 Å². The van der Waals surface area contributed by atoms with E-state index in [1.165, 1.54) is 62.5 Å². The SMILES string of the molecule is NNC(CC1CCCCC1)C1Cc2ccccc2C1. The van der Waals surface area contributed by atoms with Gasteiger partial charge in [-0.3, -0.25) is 11.3 Å². The second-order valence-electron chi connectivity index (χ2n) is 6.45. The molecule has 1 aromatic rings. The molecule has 2 aliphatic carbocycles. The zero-order chi connectivity index (χ0) is 13.1. The summed E-state index contributed by atoms with van der Waals surface area (Å²) in [5.74, 6) is 7.45. The van der Waals surface area contributed by atoms with Crippen LogP contribution in [-0.4, -0.2) is 6.04 Å². The van der Waals surface area contributed by atoms with Crippen molar-refractivity contribution in [3.63, 3.8) is 0 Å². The van der Waals surface area contributed by atoms with Crippen LogP contribution in [0.2, 0.25) is 0 Å². The lowest BCUT2D eigenvalue weighted by molar-refractivity contribution is 0.254. The first-order valence-electron chi connectivity index (χ1n) is 7.89. The zero-order valence-corrected chi connectivity index (χ0v) is 11.8. The summed E-state index contributed by atoms with van der Waals surface area (Å²) in [4.78, 5) is 0. The van der Waals surface area contributed by atoms with Gasteiger partial charge in [-0.2, -0.15) is 0 Å². The fourth-order valence-electron chi connectivity index (χ4n) is 4.06.